The lowest BCUT2D eigenvalue weighted by atomic mass is 9.96. The summed E-state index contributed by atoms with van der Waals surface area (Å²) in [4.78, 5) is 26.0. The molecule has 1 aliphatic carbocycles. The molecule has 3 N–H and O–H groups in total. The van der Waals surface area contributed by atoms with Gasteiger partial charge in [-0.25, -0.2) is 4.79 Å². The fourth-order valence-electron chi connectivity index (χ4n) is 4.30. The third-order valence-corrected chi connectivity index (χ3v) is 5.77. The van der Waals surface area contributed by atoms with E-state index in [-0.39, 0.29) is 18.1 Å². The molecule has 0 atom stereocenters. The molecule has 0 unspecified atom stereocenters. The lowest BCUT2D eigenvalue weighted by Crippen LogP contribution is -2.21. The van der Waals surface area contributed by atoms with Gasteiger partial charge in [0.2, 0.25) is 5.91 Å². The van der Waals surface area contributed by atoms with Gasteiger partial charge in [0.25, 0.3) is 0 Å². The van der Waals surface area contributed by atoms with E-state index < -0.39 is 11.9 Å². The van der Waals surface area contributed by atoms with Crippen LogP contribution < -0.4 is 11.1 Å². The van der Waals surface area contributed by atoms with Crippen molar-refractivity contribution in [2.75, 3.05) is 11.1 Å². The Morgan fingerprint density at radius 2 is 1.39 bits per heavy atom. The topological polar surface area (TPSA) is 81.4 Å². The fourth-order valence-corrected chi connectivity index (χ4v) is 4.30. The molecule has 0 saturated carbocycles. The van der Waals surface area contributed by atoms with E-state index in [1.165, 1.54) is 0 Å². The lowest BCUT2D eigenvalue weighted by Gasteiger charge is -2.15. The smallest absolute Gasteiger partial charge is 0.338 e. The van der Waals surface area contributed by atoms with Crippen molar-refractivity contribution >= 4 is 23.3 Å². The zero-order valence-corrected chi connectivity index (χ0v) is 17.8. The van der Waals surface area contributed by atoms with E-state index in [0.717, 1.165) is 27.8 Å². The number of amides is 1. The molecule has 1 aliphatic rings. The summed E-state index contributed by atoms with van der Waals surface area (Å²) in [5, 5.41) is 2.95. The van der Waals surface area contributed by atoms with Gasteiger partial charge in [0.15, 0.2) is 0 Å². The van der Waals surface area contributed by atoms with Crippen molar-refractivity contribution in [3.05, 3.63) is 119 Å². The summed E-state index contributed by atoms with van der Waals surface area (Å²) in [5.74, 6) is -1.12. The average molecular weight is 434 g/mol. The number of nitrogens with one attached hydrogen (secondary N) is 1. The van der Waals surface area contributed by atoms with E-state index in [4.69, 9.17) is 10.5 Å². The summed E-state index contributed by atoms with van der Waals surface area (Å²) >= 11 is 0. The first-order valence-electron chi connectivity index (χ1n) is 10.7. The monoisotopic (exact) mass is 434 g/mol. The molecule has 0 heterocycles. The molecule has 4 aromatic rings. The number of hydrogen-bond acceptors (Lipinski definition) is 4. The Balaban J connectivity index is 1.37. The molecule has 0 radical (unpaired) electrons. The number of ether oxygens (including phenoxy) is 1. The van der Waals surface area contributed by atoms with Crippen molar-refractivity contribution in [2.45, 2.75) is 12.5 Å². The van der Waals surface area contributed by atoms with Crippen LogP contribution in [0.3, 0.4) is 0 Å². The Kier molecular flexibility index (Phi) is 5.37. The number of benzene rings is 4. The third kappa shape index (κ3) is 4.08. The van der Waals surface area contributed by atoms with E-state index in [9.17, 15) is 9.59 Å². The Hall–Kier alpha value is -4.38. The van der Waals surface area contributed by atoms with Gasteiger partial charge in [-0.3, -0.25) is 4.79 Å². The van der Waals surface area contributed by atoms with Crippen molar-refractivity contribution in [3.8, 4) is 11.1 Å². The minimum Gasteiger partial charge on any atom is -0.457 e. The van der Waals surface area contributed by atoms with E-state index in [2.05, 4.69) is 5.32 Å². The summed E-state index contributed by atoms with van der Waals surface area (Å²) < 4.78 is 5.41. The van der Waals surface area contributed by atoms with Gasteiger partial charge in [0.1, 0.15) is 6.61 Å². The quantitative estimate of drug-likeness (QED) is 0.327. The van der Waals surface area contributed by atoms with Crippen LogP contribution in [0.15, 0.2) is 97.1 Å². The van der Waals surface area contributed by atoms with Crippen molar-refractivity contribution in [2.24, 2.45) is 0 Å². The summed E-state index contributed by atoms with van der Waals surface area (Å²) in [6, 6.07) is 30.1. The van der Waals surface area contributed by atoms with Crippen LogP contribution in [-0.2, 0) is 16.1 Å². The van der Waals surface area contributed by atoms with E-state index in [0.29, 0.717) is 11.4 Å². The van der Waals surface area contributed by atoms with Crippen LogP contribution in [0.25, 0.3) is 11.1 Å². The molecule has 5 heteroatoms. The first kappa shape index (κ1) is 20.5. The molecule has 0 fully saturated rings. The summed E-state index contributed by atoms with van der Waals surface area (Å²) in [6.07, 6.45) is 0. The van der Waals surface area contributed by atoms with Gasteiger partial charge in [-0.15, -0.1) is 0 Å². The summed E-state index contributed by atoms with van der Waals surface area (Å²) in [6.45, 7) is 0.159. The van der Waals surface area contributed by atoms with Crippen LogP contribution in [0.2, 0.25) is 0 Å². The minimum absolute atomic E-state index is 0.159. The Morgan fingerprint density at radius 1 is 0.788 bits per heavy atom. The number of anilines is 2. The zero-order valence-electron chi connectivity index (χ0n) is 17.8. The maximum Gasteiger partial charge on any atom is 0.338 e. The largest absolute Gasteiger partial charge is 0.457 e. The zero-order chi connectivity index (χ0) is 22.8. The molecule has 5 nitrogen and oxygen atoms in total. The second-order valence-corrected chi connectivity index (χ2v) is 8.00. The van der Waals surface area contributed by atoms with Gasteiger partial charge in [-0.05, 0) is 46.0 Å². The van der Waals surface area contributed by atoms with Gasteiger partial charge < -0.3 is 15.8 Å². The Morgan fingerprint density at radius 3 is 2.06 bits per heavy atom. The number of nitrogen functional groups attached to an aromatic ring is 1. The first-order valence-corrected chi connectivity index (χ1v) is 10.7. The Bertz CT molecular complexity index is 1300. The van der Waals surface area contributed by atoms with Crippen LogP contribution >= 0.6 is 0 Å². The van der Waals surface area contributed by atoms with Crippen LogP contribution in [0.1, 0.15) is 33.0 Å². The molecular weight excluding hydrogens is 412 g/mol. The van der Waals surface area contributed by atoms with Crippen molar-refractivity contribution in [1.82, 2.24) is 0 Å². The van der Waals surface area contributed by atoms with Crippen molar-refractivity contribution in [1.29, 1.82) is 0 Å². The van der Waals surface area contributed by atoms with Gasteiger partial charge in [-0.1, -0.05) is 78.9 Å². The number of fused-ring (bicyclic) bond motifs is 3. The average Bonchev–Trinajstić information content (AvgIpc) is 3.17. The molecule has 5 rings (SSSR count). The number of carbonyl (C=O) groups excluding carboxylic acids is 2. The van der Waals surface area contributed by atoms with E-state index in [1.54, 1.807) is 18.2 Å². The number of esters is 1. The normalized spacial score (nSPS) is 12.0. The highest BCUT2D eigenvalue weighted by atomic mass is 16.5. The SMILES string of the molecule is Nc1cc(NC(=O)C2c3ccccc3-c3ccccc32)cc(C(=O)OCc2ccccc2)c1. The second kappa shape index (κ2) is 8.63. The summed E-state index contributed by atoms with van der Waals surface area (Å²) in [7, 11) is 0. The highest BCUT2D eigenvalue weighted by Gasteiger charge is 2.33. The van der Waals surface area contributed by atoms with Crippen molar-refractivity contribution in [3.63, 3.8) is 0 Å². The minimum atomic E-state index is -0.502. The van der Waals surface area contributed by atoms with Crippen LogP contribution in [-0.4, -0.2) is 11.9 Å². The molecule has 0 aliphatic heterocycles. The van der Waals surface area contributed by atoms with Gasteiger partial charge in [0.05, 0.1) is 11.5 Å². The van der Waals surface area contributed by atoms with E-state index >= 15 is 0 Å². The van der Waals surface area contributed by atoms with Crippen LogP contribution in [0, 0.1) is 0 Å². The number of carbonyl (C=O) groups is 2. The fraction of sp³-hybridized carbons (Fsp3) is 0.0714. The number of rotatable bonds is 5. The molecule has 33 heavy (non-hydrogen) atoms. The predicted molar refractivity (Wildman–Crippen MR) is 129 cm³/mol. The summed E-state index contributed by atoms with van der Waals surface area (Å²) in [5.41, 5.74) is 12.1. The molecular formula is C28H22N2O3. The lowest BCUT2D eigenvalue weighted by molar-refractivity contribution is -0.116. The van der Waals surface area contributed by atoms with Crippen LogP contribution in [0.4, 0.5) is 11.4 Å². The molecule has 0 spiro atoms. The number of nitrogens with two attached hydrogens (primary N) is 1. The predicted octanol–water partition coefficient (Wildman–Crippen LogP) is 5.38. The molecule has 4 aromatic carbocycles. The molecule has 0 aromatic heterocycles. The standard InChI is InChI=1S/C28H22N2O3/c29-20-14-19(28(32)33-17-18-8-2-1-3-9-18)15-21(16-20)30-27(31)26-24-12-6-4-10-22(24)23-11-5-7-13-25(23)26/h1-16,26H,17,29H2,(H,30,31). The highest BCUT2D eigenvalue weighted by molar-refractivity contribution is 6.04. The Labute approximate surface area is 191 Å². The second-order valence-electron chi connectivity index (χ2n) is 8.00. The molecule has 0 bridgehead atoms. The molecule has 162 valence electrons. The maximum absolute atomic E-state index is 13.4. The van der Waals surface area contributed by atoms with Crippen LogP contribution in [0.5, 0.6) is 0 Å². The number of hydrogen-bond donors (Lipinski definition) is 2. The van der Waals surface area contributed by atoms with E-state index in [1.807, 2.05) is 78.9 Å². The molecule has 1 amide bonds. The highest BCUT2D eigenvalue weighted by Crippen LogP contribution is 2.45. The van der Waals surface area contributed by atoms with Gasteiger partial charge in [-0.2, -0.15) is 0 Å². The van der Waals surface area contributed by atoms with Gasteiger partial charge >= 0.3 is 5.97 Å². The van der Waals surface area contributed by atoms with Crippen molar-refractivity contribution < 1.29 is 14.3 Å². The van der Waals surface area contributed by atoms with Gasteiger partial charge in [0, 0.05) is 11.4 Å². The molecule has 0 saturated heterocycles. The third-order valence-electron chi connectivity index (χ3n) is 5.77. The maximum atomic E-state index is 13.4. The first-order chi connectivity index (χ1) is 16.1.